The standard InChI is InChI=1S/C13H12BrFN2O2S/c1-8-3-2-4-11(16)13(8)20(18,19)17-12-6-5-9(14)7-10(12)15/h2-7,17H,16H2,1H3. The van der Waals surface area contributed by atoms with Crippen LogP contribution < -0.4 is 10.5 Å². The highest BCUT2D eigenvalue weighted by molar-refractivity contribution is 9.10. The summed E-state index contributed by atoms with van der Waals surface area (Å²) in [6, 6.07) is 8.83. The number of aryl methyl sites for hydroxylation is 1. The highest BCUT2D eigenvalue weighted by atomic mass is 79.9. The number of nitrogens with two attached hydrogens (primary N) is 1. The zero-order valence-electron chi connectivity index (χ0n) is 10.5. The molecule has 2 aromatic rings. The van der Waals surface area contributed by atoms with Gasteiger partial charge >= 0.3 is 0 Å². The molecule has 0 aliphatic heterocycles. The van der Waals surface area contributed by atoms with Crippen LogP contribution in [0.5, 0.6) is 0 Å². The molecule has 0 bridgehead atoms. The third-order valence-corrected chi connectivity index (χ3v) is 4.76. The number of benzene rings is 2. The smallest absolute Gasteiger partial charge is 0.264 e. The van der Waals surface area contributed by atoms with Gasteiger partial charge in [-0.05, 0) is 36.8 Å². The number of sulfonamides is 1. The van der Waals surface area contributed by atoms with Crippen LogP contribution in [0.3, 0.4) is 0 Å². The van der Waals surface area contributed by atoms with Gasteiger partial charge < -0.3 is 5.73 Å². The van der Waals surface area contributed by atoms with Crippen LogP contribution in [0, 0.1) is 12.7 Å². The number of hydrogen-bond donors (Lipinski definition) is 2. The first-order valence-corrected chi connectivity index (χ1v) is 7.92. The molecule has 0 radical (unpaired) electrons. The molecular formula is C13H12BrFN2O2S. The first-order chi connectivity index (χ1) is 9.31. The van der Waals surface area contributed by atoms with E-state index in [-0.39, 0.29) is 16.3 Å². The first-order valence-electron chi connectivity index (χ1n) is 5.64. The van der Waals surface area contributed by atoms with Crippen molar-refractivity contribution in [2.24, 2.45) is 0 Å². The van der Waals surface area contributed by atoms with E-state index in [1.54, 1.807) is 25.1 Å². The molecule has 0 fully saturated rings. The minimum absolute atomic E-state index is 0.0395. The Morgan fingerprint density at radius 3 is 2.55 bits per heavy atom. The average Bonchev–Trinajstić information content (AvgIpc) is 2.32. The lowest BCUT2D eigenvalue weighted by atomic mass is 10.2. The van der Waals surface area contributed by atoms with Crippen LogP contribution in [-0.2, 0) is 10.0 Å². The van der Waals surface area contributed by atoms with E-state index in [0.717, 1.165) is 0 Å². The van der Waals surface area contributed by atoms with Crippen molar-refractivity contribution in [3.63, 3.8) is 0 Å². The number of anilines is 2. The van der Waals surface area contributed by atoms with Crippen molar-refractivity contribution < 1.29 is 12.8 Å². The molecular weight excluding hydrogens is 347 g/mol. The molecule has 0 aliphatic rings. The molecule has 106 valence electrons. The number of rotatable bonds is 3. The van der Waals surface area contributed by atoms with Gasteiger partial charge in [0.1, 0.15) is 10.7 Å². The summed E-state index contributed by atoms with van der Waals surface area (Å²) in [5.41, 5.74) is 6.19. The number of hydrogen-bond acceptors (Lipinski definition) is 3. The van der Waals surface area contributed by atoms with Gasteiger partial charge in [0.2, 0.25) is 0 Å². The molecule has 7 heteroatoms. The second-order valence-electron chi connectivity index (χ2n) is 4.22. The van der Waals surface area contributed by atoms with Crippen molar-refractivity contribution in [3.8, 4) is 0 Å². The van der Waals surface area contributed by atoms with E-state index in [1.165, 1.54) is 18.2 Å². The summed E-state index contributed by atoms with van der Waals surface area (Å²) in [7, 11) is -3.94. The van der Waals surface area contributed by atoms with Gasteiger partial charge in [0.25, 0.3) is 10.0 Å². The van der Waals surface area contributed by atoms with Gasteiger partial charge in [0.15, 0.2) is 0 Å². The summed E-state index contributed by atoms with van der Waals surface area (Å²) in [5, 5.41) is 0. The van der Waals surface area contributed by atoms with Crippen molar-refractivity contribution >= 4 is 37.3 Å². The molecule has 3 N–H and O–H groups in total. The molecule has 0 unspecified atom stereocenters. The fourth-order valence-electron chi connectivity index (χ4n) is 1.81. The number of nitrogen functional groups attached to an aromatic ring is 1. The van der Waals surface area contributed by atoms with E-state index in [2.05, 4.69) is 20.7 Å². The van der Waals surface area contributed by atoms with E-state index in [4.69, 9.17) is 5.73 Å². The van der Waals surface area contributed by atoms with Crippen LogP contribution in [0.4, 0.5) is 15.8 Å². The topological polar surface area (TPSA) is 72.2 Å². The van der Waals surface area contributed by atoms with E-state index in [0.29, 0.717) is 10.0 Å². The van der Waals surface area contributed by atoms with Crippen molar-refractivity contribution in [1.82, 2.24) is 0 Å². The van der Waals surface area contributed by atoms with Gasteiger partial charge in [0.05, 0.1) is 11.4 Å². The Bertz CT molecular complexity index is 743. The Kier molecular flexibility index (Phi) is 4.01. The number of halogens is 2. The highest BCUT2D eigenvalue weighted by Gasteiger charge is 2.21. The Morgan fingerprint density at radius 2 is 1.95 bits per heavy atom. The lowest BCUT2D eigenvalue weighted by Crippen LogP contribution is -2.17. The Hall–Kier alpha value is -1.60. The van der Waals surface area contributed by atoms with Crippen LogP contribution in [0.25, 0.3) is 0 Å². The van der Waals surface area contributed by atoms with E-state index in [9.17, 15) is 12.8 Å². The third-order valence-electron chi connectivity index (χ3n) is 2.69. The van der Waals surface area contributed by atoms with Crippen LogP contribution in [0.1, 0.15) is 5.56 Å². The summed E-state index contributed by atoms with van der Waals surface area (Å²) in [6.45, 7) is 1.63. The molecule has 0 heterocycles. The van der Waals surface area contributed by atoms with Crippen molar-refractivity contribution in [2.75, 3.05) is 10.5 Å². The van der Waals surface area contributed by atoms with E-state index >= 15 is 0 Å². The molecule has 2 aromatic carbocycles. The first kappa shape index (κ1) is 14.8. The maximum absolute atomic E-state index is 13.7. The molecule has 2 rings (SSSR count). The van der Waals surface area contributed by atoms with Crippen LogP contribution >= 0.6 is 15.9 Å². The molecule has 0 atom stereocenters. The summed E-state index contributed by atoms with van der Waals surface area (Å²) < 4.78 is 41.1. The van der Waals surface area contributed by atoms with Crippen molar-refractivity contribution in [1.29, 1.82) is 0 Å². The van der Waals surface area contributed by atoms with Crippen molar-refractivity contribution in [2.45, 2.75) is 11.8 Å². The minimum atomic E-state index is -3.94. The molecule has 0 spiro atoms. The Labute approximate surface area is 125 Å². The van der Waals surface area contributed by atoms with Gasteiger partial charge in [-0.15, -0.1) is 0 Å². The van der Waals surface area contributed by atoms with Gasteiger partial charge in [-0.1, -0.05) is 28.1 Å². The van der Waals surface area contributed by atoms with Crippen LogP contribution in [0.2, 0.25) is 0 Å². The maximum atomic E-state index is 13.7. The maximum Gasteiger partial charge on any atom is 0.264 e. The van der Waals surface area contributed by atoms with Crippen molar-refractivity contribution in [3.05, 3.63) is 52.3 Å². The average molecular weight is 359 g/mol. The van der Waals surface area contributed by atoms with Gasteiger partial charge in [-0.3, -0.25) is 4.72 Å². The molecule has 0 saturated heterocycles. The second-order valence-corrected chi connectivity index (χ2v) is 6.76. The van der Waals surface area contributed by atoms with E-state index < -0.39 is 15.8 Å². The summed E-state index contributed by atoms with van der Waals surface area (Å²) in [4.78, 5) is -0.0395. The zero-order chi connectivity index (χ0) is 14.9. The summed E-state index contributed by atoms with van der Waals surface area (Å²) >= 11 is 3.11. The monoisotopic (exact) mass is 358 g/mol. The lowest BCUT2D eigenvalue weighted by Gasteiger charge is -2.13. The Balaban J connectivity index is 2.46. The van der Waals surface area contributed by atoms with E-state index in [1.807, 2.05) is 0 Å². The second kappa shape index (κ2) is 5.41. The quantitative estimate of drug-likeness (QED) is 0.827. The normalized spacial score (nSPS) is 11.3. The summed E-state index contributed by atoms with van der Waals surface area (Å²) in [5.74, 6) is -0.671. The fraction of sp³-hybridized carbons (Fsp3) is 0.0769. The molecule has 20 heavy (non-hydrogen) atoms. The molecule has 0 aliphatic carbocycles. The molecule has 0 saturated carbocycles. The zero-order valence-corrected chi connectivity index (χ0v) is 12.9. The van der Waals surface area contributed by atoms with Gasteiger partial charge in [-0.25, -0.2) is 12.8 Å². The summed E-state index contributed by atoms with van der Waals surface area (Å²) in [6.07, 6.45) is 0. The fourth-order valence-corrected chi connectivity index (χ4v) is 3.57. The largest absolute Gasteiger partial charge is 0.398 e. The van der Waals surface area contributed by atoms with Gasteiger partial charge in [0, 0.05) is 4.47 Å². The van der Waals surface area contributed by atoms with Crippen LogP contribution in [0.15, 0.2) is 45.8 Å². The SMILES string of the molecule is Cc1cccc(N)c1S(=O)(=O)Nc1ccc(Br)cc1F. The highest BCUT2D eigenvalue weighted by Crippen LogP contribution is 2.27. The lowest BCUT2D eigenvalue weighted by molar-refractivity contribution is 0.598. The molecule has 4 nitrogen and oxygen atoms in total. The molecule has 0 aromatic heterocycles. The number of nitrogens with one attached hydrogen (secondary N) is 1. The molecule has 0 amide bonds. The van der Waals surface area contributed by atoms with Crippen LogP contribution in [-0.4, -0.2) is 8.42 Å². The predicted octanol–water partition coefficient (Wildman–Crippen LogP) is 3.28. The minimum Gasteiger partial charge on any atom is -0.398 e. The predicted molar refractivity (Wildman–Crippen MR) is 80.5 cm³/mol. The Morgan fingerprint density at radius 1 is 1.25 bits per heavy atom. The van der Waals surface area contributed by atoms with Gasteiger partial charge in [-0.2, -0.15) is 0 Å². The third kappa shape index (κ3) is 2.94.